The number of hydrogen-bond acceptors (Lipinski definition) is 3. The Bertz CT molecular complexity index is 649. The van der Waals surface area contributed by atoms with Gasteiger partial charge in [-0.25, -0.2) is 4.98 Å². The molecular formula is C16H20N4O. The van der Waals surface area contributed by atoms with Crippen LogP contribution in [0.1, 0.15) is 17.0 Å². The minimum absolute atomic E-state index is 0.118. The highest BCUT2D eigenvalue weighted by atomic mass is 16.2. The number of carbonyl (C=O) groups is 1. The van der Waals surface area contributed by atoms with Gasteiger partial charge >= 0.3 is 0 Å². The van der Waals surface area contributed by atoms with Crippen molar-refractivity contribution in [3.8, 4) is 0 Å². The molecule has 5 nitrogen and oxygen atoms in total. The summed E-state index contributed by atoms with van der Waals surface area (Å²) in [5, 5.41) is 3.33. The lowest BCUT2D eigenvalue weighted by Gasteiger charge is -2.28. The first-order chi connectivity index (χ1) is 10.1. The standard InChI is InChI=1S/C16H20N4O/c1-19-8-7-17-15(19)11-20(2)16(21)14-9-12-5-3-4-6-13(12)10-18-14/h3-8,14,18H,9-11H2,1-2H3/t14-/m1/s1. The minimum Gasteiger partial charge on any atom is -0.337 e. The number of nitrogens with zero attached hydrogens (tertiary/aromatic N) is 3. The first kappa shape index (κ1) is 13.8. The zero-order valence-corrected chi connectivity index (χ0v) is 12.4. The molecule has 1 aromatic heterocycles. The molecular weight excluding hydrogens is 264 g/mol. The molecule has 3 rings (SSSR count). The second-order valence-corrected chi connectivity index (χ2v) is 5.55. The van der Waals surface area contributed by atoms with Crippen LogP contribution >= 0.6 is 0 Å². The lowest BCUT2D eigenvalue weighted by molar-refractivity contribution is -0.133. The Hall–Kier alpha value is -2.14. The number of aryl methyl sites for hydroxylation is 1. The molecule has 0 unspecified atom stereocenters. The molecule has 1 N–H and O–H groups in total. The topological polar surface area (TPSA) is 50.2 Å². The fourth-order valence-corrected chi connectivity index (χ4v) is 2.73. The molecule has 21 heavy (non-hydrogen) atoms. The van der Waals surface area contributed by atoms with Gasteiger partial charge in [-0.1, -0.05) is 24.3 Å². The van der Waals surface area contributed by atoms with Gasteiger partial charge in [0, 0.05) is 33.0 Å². The zero-order chi connectivity index (χ0) is 14.8. The van der Waals surface area contributed by atoms with Gasteiger partial charge in [-0.3, -0.25) is 4.79 Å². The van der Waals surface area contributed by atoms with E-state index in [2.05, 4.69) is 22.4 Å². The first-order valence-corrected chi connectivity index (χ1v) is 7.16. The molecule has 1 amide bonds. The Balaban J connectivity index is 1.67. The maximum atomic E-state index is 12.6. The summed E-state index contributed by atoms with van der Waals surface area (Å²) < 4.78 is 1.94. The molecule has 0 fully saturated rings. The average Bonchev–Trinajstić information content (AvgIpc) is 2.91. The van der Waals surface area contributed by atoms with E-state index in [1.165, 1.54) is 11.1 Å². The Morgan fingerprint density at radius 1 is 1.43 bits per heavy atom. The van der Waals surface area contributed by atoms with Crippen LogP contribution in [-0.4, -0.2) is 33.4 Å². The fraction of sp³-hybridized carbons (Fsp3) is 0.375. The minimum atomic E-state index is -0.148. The molecule has 0 bridgehead atoms. The number of rotatable bonds is 3. The molecule has 0 radical (unpaired) electrons. The van der Waals surface area contributed by atoms with Crippen LogP contribution in [0.15, 0.2) is 36.7 Å². The number of benzene rings is 1. The smallest absolute Gasteiger partial charge is 0.240 e. The highest BCUT2D eigenvalue weighted by Gasteiger charge is 2.26. The third kappa shape index (κ3) is 2.83. The van der Waals surface area contributed by atoms with Crippen LogP contribution in [0.5, 0.6) is 0 Å². The van der Waals surface area contributed by atoms with Crippen molar-refractivity contribution in [2.24, 2.45) is 7.05 Å². The third-order valence-electron chi connectivity index (χ3n) is 4.06. The molecule has 1 aliphatic rings. The van der Waals surface area contributed by atoms with Crippen LogP contribution < -0.4 is 5.32 Å². The predicted molar refractivity (Wildman–Crippen MR) is 80.5 cm³/mol. The number of hydrogen-bond donors (Lipinski definition) is 1. The van der Waals surface area contributed by atoms with Crippen LogP contribution in [0.3, 0.4) is 0 Å². The van der Waals surface area contributed by atoms with E-state index in [1.54, 1.807) is 11.1 Å². The largest absolute Gasteiger partial charge is 0.337 e. The lowest BCUT2D eigenvalue weighted by Crippen LogP contribution is -2.48. The summed E-state index contributed by atoms with van der Waals surface area (Å²) >= 11 is 0. The number of aromatic nitrogens is 2. The monoisotopic (exact) mass is 284 g/mol. The Morgan fingerprint density at radius 2 is 2.19 bits per heavy atom. The fourth-order valence-electron chi connectivity index (χ4n) is 2.73. The second-order valence-electron chi connectivity index (χ2n) is 5.55. The number of fused-ring (bicyclic) bond motifs is 1. The van der Waals surface area contributed by atoms with Crippen LogP contribution in [-0.2, 0) is 31.4 Å². The van der Waals surface area contributed by atoms with Gasteiger partial charge in [0.1, 0.15) is 5.82 Å². The van der Waals surface area contributed by atoms with Crippen LogP contribution in [0.2, 0.25) is 0 Å². The lowest BCUT2D eigenvalue weighted by atomic mass is 9.95. The van der Waals surface area contributed by atoms with Gasteiger partial charge in [0.05, 0.1) is 12.6 Å². The average molecular weight is 284 g/mol. The predicted octanol–water partition coefficient (Wildman–Crippen LogP) is 1.09. The SMILES string of the molecule is CN(Cc1nccn1C)C(=O)[C@H]1Cc2ccccc2CN1. The molecule has 0 aliphatic carbocycles. The number of imidazole rings is 1. The zero-order valence-electron chi connectivity index (χ0n) is 12.4. The summed E-state index contributed by atoms with van der Waals surface area (Å²) in [6.07, 6.45) is 4.39. The molecule has 0 saturated carbocycles. The third-order valence-corrected chi connectivity index (χ3v) is 4.06. The number of nitrogens with one attached hydrogen (secondary N) is 1. The van der Waals surface area contributed by atoms with E-state index in [1.807, 2.05) is 37.0 Å². The summed E-state index contributed by atoms with van der Waals surface area (Å²) in [5.41, 5.74) is 2.55. The van der Waals surface area contributed by atoms with E-state index in [9.17, 15) is 4.79 Å². The summed E-state index contributed by atoms with van der Waals surface area (Å²) in [7, 11) is 3.77. The van der Waals surface area contributed by atoms with E-state index in [4.69, 9.17) is 0 Å². The molecule has 5 heteroatoms. The van der Waals surface area contributed by atoms with E-state index < -0.39 is 0 Å². The molecule has 110 valence electrons. The van der Waals surface area contributed by atoms with Gasteiger partial charge in [0.25, 0.3) is 0 Å². The van der Waals surface area contributed by atoms with E-state index >= 15 is 0 Å². The van der Waals surface area contributed by atoms with Crippen LogP contribution in [0.25, 0.3) is 0 Å². The van der Waals surface area contributed by atoms with Gasteiger partial charge in [-0.15, -0.1) is 0 Å². The Labute approximate surface area is 124 Å². The van der Waals surface area contributed by atoms with Crippen molar-refractivity contribution in [1.82, 2.24) is 19.8 Å². The van der Waals surface area contributed by atoms with Gasteiger partial charge in [0.15, 0.2) is 0 Å². The van der Waals surface area contributed by atoms with Gasteiger partial charge in [-0.2, -0.15) is 0 Å². The summed E-state index contributed by atoms with van der Waals surface area (Å²) in [6.45, 7) is 1.28. The van der Waals surface area contributed by atoms with E-state index in [0.29, 0.717) is 6.54 Å². The highest BCUT2D eigenvalue weighted by Crippen LogP contribution is 2.17. The van der Waals surface area contributed by atoms with Crippen molar-refractivity contribution in [3.05, 3.63) is 53.6 Å². The summed E-state index contributed by atoms with van der Waals surface area (Å²) in [4.78, 5) is 18.6. The maximum absolute atomic E-state index is 12.6. The van der Waals surface area contributed by atoms with Crippen molar-refractivity contribution >= 4 is 5.91 Å². The van der Waals surface area contributed by atoms with Crippen molar-refractivity contribution in [1.29, 1.82) is 0 Å². The number of likely N-dealkylation sites (N-methyl/N-ethyl adjacent to an activating group) is 1. The molecule has 2 aromatic rings. The molecule has 1 aromatic carbocycles. The Morgan fingerprint density at radius 3 is 2.90 bits per heavy atom. The van der Waals surface area contributed by atoms with Crippen molar-refractivity contribution in [2.45, 2.75) is 25.6 Å². The number of carbonyl (C=O) groups excluding carboxylic acids is 1. The Kier molecular flexibility index (Phi) is 3.75. The highest BCUT2D eigenvalue weighted by molar-refractivity contribution is 5.82. The van der Waals surface area contributed by atoms with Crippen LogP contribution in [0.4, 0.5) is 0 Å². The second kappa shape index (κ2) is 5.69. The van der Waals surface area contributed by atoms with E-state index in [0.717, 1.165) is 18.8 Å². The van der Waals surface area contributed by atoms with Crippen LogP contribution in [0, 0.1) is 0 Å². The molecule has 2 heterocycles. The molecule has 0 saturated heterocycles. The van der Waals surface area contributed by atoms with Gasteiger partial charge < -0.3 is 14.8 Å². The van der Waals surface area contributed by atoms with E-state index in [-0.39, 0.29) is 11.9 Å². The first-order valence-electron chi connectivity index (χ1n) is 7.16. The molecule has 1 atom stereocenters. The normalized spacial score (nSPS) is 17.3. The maximum Gasteiger partial charge on any atom is 0.240 e. The van der Waals surface area contributed by atoms with Crippen molar-refractivity contribution in [3.63, 3.8) is 0 Å². The van der Waals surface area contributed by atoms with Gasteiger partial charge in [0.2, 0.25) is 5.91 Å². The van der Waals surface area contributed by atoms with Crippen molar-refractivity contribution in [2.75, 3.05) is 7.05 Å². The van der Waals surface area contributed by atoms with Gasteiger partial charge in [-0.05, 0) is 17.5 Å². The summed E-state index contributed by atoms with van der Waals surface area (Å²) in [6, 6.07) is 8.14. The quantitative estimate of drug-likeness (QED) is 0.918. The van der Waals surface area contributed by atoms with Crippen molar-refractivity contribution < 1.29 is 4.79 Å². The molecule has 1 aliphatic heterocycles. The molecule has 0 spiro atoms. The number of amides is 1. The summed E-state index contributed by atoms with van der Waals surface area (Å²) in [5.74, 6) is 1.01.